The molecule has 3 aromatic rings. The number of hydrogen-bond acceptors (Lipinski definition) is 5. The second-order valence-corrected chi connectivity index (χ2v) is 5.86. The van der Waals surface area contributed by atoms with Gasteiger partial charge in [-0.25, -0.2) is 14.2 Å². The van der Waals surface area contributed by atoms with E-state index in [1.54, 1.807) is 31.4 Å². The third-order valence-corrected chi connectivity index (χ3v) is 3.97. The van der Waals surface area contributed by atoms with Crippen molar-refractivity contribution >= 4 is 23.6 Å². The van der Waals surface area contributed by atoms with Crippen molar-refractivity contribution in [3.8, 4) is 17.2 Å². The first kappa shape index (κ1) is 18.7. The fraction of sp³-hybridized carbons (Fsp3) is 0.100. The Balaban J connectivity index is 1.59. The summed E-state index contributed by atoms with van der Waals surface area (Å²) in [4.78, 5) is 16.1. The topological polar surface area (TPSA) is 61.6 Å². The van der Waals surface area contributed by atoms with Crippen molar-refractivity contribution in [2.75, 3.05) is 7.11 Å². The number of rotatable bonds is 6. The Morgan fingerprint density at radius 2 is 2.04 bits per heavy atom. The number of hydrogen-bond donors (Lipinski definition) is 0. The van der Waals surface area contributed by atoms with Crippen LogP contribution in [0, 0.1) is 5.82 Å². The lowest BCUT2D eigenvalue weighted by Gasteiger charge is -2.01. The zero-order valence-electron chi connectivity index (χ0n) is 14.3. The van der Waals surface area contributed by atoms with E-state index < -0.39 is 11.8 Å². The van der Waals surface area contributed by atoms with Crippen LogP contribution in [0.2, 0.25) is 5.02 Å². The molecule has 3 rings (SSSR count). The molecule has 5 nitrogen and oxygen atoms in total. The lowest BCUT2D eigenvalue weighted by Crippen LogP contribution is -2.01. The molecule has 0 saturated carbocycles. The average Bonchev–Trinajstić information content (AvgIpc) is 3.15. The van der Waals surface area contributed by atoms with Gasteiger partial charge in [0.05, 0.1) is 12.1 Å². The highest BCUT2D eigenvalue weighted by Gasteiger charge is 2.09. The number of carbonyl (C=O) groups is 1. The van der Waals surface area contributed by atoms with E-state index >= 15 is 0 Å². The molecule has 0 unspecified atom stereocenters. The predicted octanol–water partition coefficient (Wildman–Crippen LogP) is 4.90. The first-order chi connectivity index (χ1) is 13.1. The normalized spacial score (nSPS) is 10.9. The SMILES string of the molecule is COc1ccc(-c2nc(COC(=O)/C=C/c3c(F)cccc3Cl)co2)cc1. The van der Waals surface area contributed by atoms with E-state index in [0.29, 0.717) is 11.6 Å². The Morgan fingerprint density at radius 1 is 1.26 bits per heavy atom. The van der Waals surface area contributed by atoms with Gasteiger partial charge in [0.2, 0.25) is 5.89 Å². The smallest absolute Gasteiger partial charge is 0.331 e. The predicted molar refractivity (Wildman–Crippen MR) is 98.7 cm³/mol. The fourth-order valence-electron chi connectivity index (χ4n) is 2.25. The minimum absolute atomic E-state index is 0.0756. The van der Waals surface area contributed by atoms with Crippen LogP contribution in [0.3, 0.4) is 0 Å². The van der Waals surface area contributed by atoms with Gasteiger partial charge in [0, 0.05) is 17.2 Å². The standard InChI is InChI=1S/C20H15ClFNO4/c1-25-15-7-5-13(6-8-15)20-23-14(12-27-20)11-26-19(24)10-9-16-17(21)3-2-4-18(16)22/h2-10,12H,11H2,1H3/b10-9+. The maximum absolute atomic E-state index is 13.6. The molecule has 0 N–H and O–H groups in total. The molecule has 0 spiro atoms. The zero-order chi connectivity index (χ0) is 19.2. The number of methoxy groups -OCH3 is 1. The highest BCUT2D eigenvalue weighted by Crippen LogP contribution is 2.22. The van der Waals surface area contributed by atoms with Crippen LogP contribution in [0.1, 0.15) is 11.3 Å². The Labute approximate surface area is 160 Å². The van der Waals surface area contributed by atoms with Crippen LogP contribution < -0.4 is 4.74 Å². The molecular weight excluding hydrogens is 373 g/mol. The van der Waals surface area contributed by atoms with Gasteiger partial charge in [-0.1, -0.05) is 17.7 Å². The van der Waals surface area contributed by atoms with Crippen molar-refractivity contribution < 1.29 is 23.1 Å². The number of benzene rings is 2. The molecule has 0 aliphatic carbocycles. The summed E-state index contributed by atoms with van der Waals surface area (Å²) in [7, 11) is 1.58. The summed E-state index contributed by atoms with van der Waals surface area (Å²) in [6.45, 7) is -0.0756. The summed E-state index contributed by atoms with van der Waals surface area (Å²) in [5, 5.41) is 0.208. The minimum atomic E-state index is -0.650. The summed E-state index contributed by atoms with van der Waals surface area (Å²) < 4.78 is 29.2. The van der Waals surface area contributed by atoms with Gasteiger partial charge >= 0.3 is 5.97 Å². The molecule has 0 radical (unpaired) electrons. The molecule has 0 aliphatic heterocycles. The summed E-state index contributed by atoms with van der Waals surface area (Å²) in [5.41, 5.74) is 1.34. The largest absolute Gasteiger partial charge is 0.497 e. The molecule has 7 heteroatoms. The molecule has 0 amide bonds. The summed E-state index contributed by atoms with van der Waals surface area (Å²) in [5.74, 6) is -0.0471. The van der Waals surface area contributed by atoms with Gasteiger partial charge in [0.15, 0.2) is 0 Å². The van der Waals surface area contributed by atoms with Gasteiger partial charge in [-0.2, -0.15) is 0 Å². The molecular formula is C20H15ClFNO4. The highest BCUT2D eigenvalue weighted by molar-refractivity contribution is 6.32. The molecule has 1 heterocycles. The Hall–Kier alpha value is -3.12. The van der Waals surface area contributed by atoms with Crippen molar-refractivity contribution in [3.63, 3.8) is 0 Å². The number of esters is 1. The van der Waals surface area contributed by atoms with Gasteiger partial charge in [-0.05, 0) is 42.5 Å². The maximum atomic E-state index is 13.6. The van der Waals surface area contributed by atoms with E-state index in [4.69, 9.17) is 25.5 Å². The maximum Gasteiger partial charge on any atom is 0.331 e. The number of aromatic nitrogens is 1. The Morgan fingerprint density at radius 3 is 2.74 bits per heavy atom. The first-order valence-electron chi connectivity index (χ1n) is 7.94. The average molecular weight is 388 g/mol. The minimum Gasteiger partial charge on any atom is -0.497 e. The molecule has 0 atom stereocenters. The molecule has 0 saturated heterocycles. The van der Waals surface area contributed by atoms with Crippen molar-refractivity contribution in [1.29, 1.82) is 0 Å². The Bertz CT molecular complexity index is 946. The highest BCUT2D eigenvalue weighted by atomic mass is 35.5. The van der Waals surface area contributed by atoms with E-state index in [1.165, 1.54) is 30.5 Å². The van der Waals surface area contributed by atoms with Crippen LogP contribution in [0.5, 0.6) is 5.75 Å². The quantitative estimate of drug-likeness (QED) is 0.444. The van der Waals surface area contributed by atoms with Crippen LogP contribution in [0.4, 0.5) is 4.39 Å². The molecule has 1 aromatic heterocycles. The Kier molecular flexibility index (Phi) is 5.88. The lowest BCUT2D eigenvalue weighted by molar-refractivity contribution is -0.139. The molecule has 0 bridgehead atoms. The van der Waals surface area contributed by atoms with E-state index in [-0.39, 0.29) is 17.2 Å². The monoisotopic (exact) mass is 387 g/mol. The number of halogens is 2. The zero-order valence-corrected chi connectivity index (χ0v) is 15.1. The second-order valence-electron chi connectivity index (χ2n) is 5.45. The van der Waals surface area contributed by atoms with Gasteiger partial charge in [-0.15, -0.1) is 0 Å². The van der Waals surface area contributed by atoms with Crippen molar-refractivity contribution in [2.45, 2.75) is 6.61 Å². The molecule has 138 valence electrons. The van der Waals surface area contributed by atoms with Crippen molar-refractivity contribution in [1.82, 2.24) is 4.98 Å². The van der Waals surface area contributed by atoms with Crippen molar-refractivity contribution in [2.24, 2.45) is 0 Å². The van der Waals surface area contributed by atoms with E-state index in [1.807, 2.05) is 0 Å². The van der Waals surface area contributed by atoms with E-state index in [2.05, 4.69) is 4.98 Å². The number of ether oxygens (including phenoxy) is 2. The second kappa shape index (κ2) is 8.51. The summed E-state index contributed by atoms with van der Waals surface area (Å²) >= 11 is 5.89. The molecule has 0 aliphatic rings. The molecule has 27 heavy (non-hydrogen) atoms. The fourth-order valence-corrected chi connectivity index (χ4v) is 2.48. The third kappa shape index (κ3) is 4.74. The van der Waals surface area contributed by atoms with Crippen LogP contribution >= 0.6 is 11.6 Å². The van der Waals surface area contributed by atoms with Crippen LogP contribution in [0.15, 0.2) is 59.2 Å². The van der Waals surface area contributed by atoms with Crippen molar-refractivity contribution in [3.05, 3.63) is 76.9 Å². The number of carbonyl (C=O) groups excluding carboxylic acids is 1. The summed E-state index contributed by atoms with van der Waals surface area (Å²) in [6.07, 6.45) is 3.78. The number of oxazole rings is 1. The number of nitrogens with zero attached hydrogens (tertiary/aromatic N) is 1. The lowest BCUT2D eigenvalue weighted by atomic mass is 10.2. The summed E-state index contributed by atoms with van der Waals surface area (Å²) in [6, 6.07) is 11.5. The van der Waals surface area contributed by atoms with Gasteiger partial charge < -0.3 is 13.9 Å². The van der Waals surface area contributed by atoms with Gasteiger partial charge in [0.1, 0.15) is 30.1 Å². The van der Waals surface area contributed by atoms with Crippen LogP contribution in [-0.4, -0.2) is 18.1 Å². The van der Waals surface area contributed by atoms with Crippen LogP contribution in [0.25, 0.3) is 17.5 Å². The molecule has 2 aromatic carbocycles. The van der Waals surface area contributed by atoms with Crippen LogP contribution in [-0.2, 0) is 16.1 Å². The van der Waals surface area contributed by atoms with E-state index in [9.17, 15) is 9.18 Å². The van der Waals surface area contributed by atoms with Gasteiger partial charge in [-0.3, -0.25) is 0 Å². The third-order valence-electron chi connectivity index (χ3n) is 3.64. The molecule has 0 fully saturated rings. The first-order valence-corrected chi connectivity index (χ1v) is 8.32. The van der Waals surface area contributed by atoms with Gasteiger partial charge in [0.25, 0.3) is 0 Å². The van der Waals surface area contributed by atoms with E-state index in [0.717, 1.165) is 17.4 Å².